The van der Waals surface area contributed by atoms with Gasteiger partial charge >= 0.3 is 6.18 Å². The number of hydrazine groups is 1. The van der Waals surface area contributed by atoms with Crippen molar-refractivity contribution in [3.63, 3.8) is 0 Å². The Balaban J connectivity index is 2.94. The summed E-state index contributed by atoms with van der Waals surface area (Å²) < 4.78 is 44.4. The number of ether oxygens (including phenoxy) is 1. The third kappa shape index (κ3) is 6.93. The molecule has 148 valence electrons. The molecule has 27 heavy (non-hydrogen) atoms. The second-order valence-electron chi connectivity index (χ2n) is 5.15. The number of aliphatic imine (C=N–C) groups is 2. The standard InChI is InChI=1S/C16H19ClF3N5O2/c1-10(6-24-15(23-2)25(22)7-11(21)8-26)27-9-12-13(16(18,19)20)4-3-5-14(12)17/h3-7,26H,2,8-9,21-22H2,1H3/b10-6+,11-7-,24-15+. The van der Waals surface area contributed by atoms with Crippen LogP contribution in [0.15, 0.2) is 52.0 Å². The molecular weight excluding hydrogens is 387 g/mol. The normalized spacial score (nSPS) is 13.5. The number of nitrogens with two attached hydrogens (primary N) is 2. The number of guanidine groups is 1. The molecule has 0 aromatic heterocycles. The van der Waals surface area contributed by atoms with E-state index in [1.54, 1.807) is 0 Å². The molecule has 0 aliphatic heterocycles. The number of aliphatic hydroxyl groups excluding tert-OH is 1. The predicted molar refractivity (Wildman–Crippen MR) is 97.4 cm³/mol. The van der Waals surface area contributed by atoms with Crippen molar-refractivity contribution in [2.24, 2.45) is 21.6 Å². The van der Waals surface area contributed by atoms with Crippen LogP contribution in [0.25, 0.3) is 0 Å². The van der Waals surface area contributed by atoms with E-state index in [0.717, 1.165) is 11.1 Å². The molecule has 0 saturated carbocycles. The summed E-state index contributed by atoms with van der Waals surface area (Å²) in [6.45, 7) is 3.94. The lowest BCUT2D eigenvalue weighted by Gasteiger charge is -2.15. The molecule has 0 aliphatic carbocycles. The summed E-state index contributed by atoms with van der Waals surface area (Å²) in [5, 5.41) is 9.70. The molecule has 1 aromatic carbocycles. The second kappa shape index (κ2) is 9.95. The first-order chi connectivity index (χ1) is 12.6. The van der Waals surface area contributed by atoms with Gasteiger partial charge in [0, 0.05) is 16.8 Å². The maximum atomic E-state index is 13.1. The van der Waals surface area contributed by atoms with Crippen molar-refractivity contribution in [2.45, 2.75) is 19.7 Å². The van der Waals surface area contributed by atoms with Crippen LogP contribution in [-0.4, -0.2) is 29.4 Å². The van der Waals surface area contributed by atoms with Crippen molar-refractivity contribution in [2.75, 3.05) is 6.61 Å². The fraction of sp³-hybridized carbons (Fsp3) is 0.250. The fourth-order valence-electron chi connectivity index (χ4n) is 1.81. The topological polar surface area (TPSA) is 109 Å². The van der Waals surface area contributed by atoms with Gasteiger partial charge in [0.15, 0.2) is 0 Å². The SMILES string of the molecule is C=N/C(=N\C=C(/C)OCc1c(Cl)cccc1C(F)(F)F)N(N)/C=C(\N)CO. The molecule has 1 rings (SSSR count). The Morgan fingerprint density at radius 1 is 1.44 bits per heavy atom. The molecule has 0 bridgehead atoms. The Morgan fingerprint density at radius 2 is 2.11 bits per heavy atom. The van der Waals surface area contributed by atoms with Gasteiger partial charge in [-0.3, -0.25) is 5.01 Å². The highest BCUT2D eigenvalue weighted by Gasteiger charge is 2.34. The summed E-state index contributed by atoms with van der Waals surface area (Å²) in [5.41, 5.74) is 4.42. The summed E-state index contributed by atoms with van der Waals surface area (Å²) >= 11 is 5.86. The molecule has 0 unspecified atom stereocenters. The lowest BCUT2D eigenvalue weighted by atomic mass is 10.1. The Labute approximate surface area is 159 Å². The average molecular weight is 406 g/mol. The number of hydrogen-bond acceptors (Lipinski definition) is 5. The van der Waals surface area contributed by atoms with Gasteiger partial charge in [-0.1, -0.05) is 17.7 Å². The molecule has 0 radical (unpaired) electrons. The van der Waals surface area contributed by atoms with Crippen molar-refractivity contribution in [1.29, 1.82) is 0 Å². The molecule has 1 aromatic rings. The van der Waals surface area contributed by atoms with Gasteiger partial charge in [0.25, 0.3) is 0 Å². The van der Waals surface area contributed by atoms with Crippen LogP contribution < -0.4 is 11.6 Å². The predicted octanol–water partition coefficient (Wildman–Crippen LogP) is 2.76. The van der Waals surface area contributed by atoms with E-state index in [-0.39, 0.29) is 28.0 Å². The largest absolute Gasteiger partial charge is 0.492 e. The van der Waals surface area contributed by atoms with E-state index in [2.05, 4.69) is 16.7 Å². The molecule has 0 atom stereocenters. The molecule has 0 fully saturated rings. The van der Waals surface area contributed by atoms with Gasteiger partial charge < -0.3 is 15.6 Å². The number of rotatable bonds is 6. The Kier molecular flexibility index (Phi) is 8.29. The van der Waals surface area contributed by atoms with Gasteiger partial charge in [-0.2, -0.15) is 13.2 Å². The zero-order valence-electron chi connectivity index (χ0n) is 14.4. The van der Waals surface area contributed by atoms with E-state index in [1.165, 1.54) is 31.5 Å². The maximum Gasteiger partial charge on any atom is 0.416 e. The zero-order valence-corrected chi connectivity index (χ0v) is 15.1. The molecule has 0 saturated heterocycles. The van der Waals surface area contributed by atoms with E-state index in [9.17, 15) is 13.2 Å². The summed E-state index contributed by atoms with van der Waals surface area (Å²) in [7, 11) is 0. The number of hydrogen-bond donors (Lipinski definition) is 3. The molecule has 11 heteroatoms. The summed E-state index contributed by atoms with van der Waals surface area (Å²) in [5.74, 6) is 5.73. The van der Waals surface area contributed by atoms with Crippen LogP contribution in [0.1, 0.15) is 18.1 Å². The number of alkyl halides is 3. The van der Waals surface area contributed by atoms with Crippen LogP contribution >= 0.6 is 11.6 Å². The molecule has 0 amide bonds. The third-order valence-electron chi connectivity index (χ3n) is 3.09. The first-order valence-corrected chi connectivity index (χ1v) is 7.77. The van der Waals surface area contributed by atoms with Crippen LogP contribution in [0.2, 0.25) is 5.02 Å². The van der Waals surface area contributed by atoms with E-state index in [0.29, 0.717) is 0 Å². The van der Waals surface area contributed by atoms with Crippen molar-refractivity contribution >= 4 is 24.3 Å². The second-order valence-corrected chi connectivity index (χ2v) is 5.56. The smallest absolute Gasteiger partial charge is 0.416 e. The van der Waals surface area contributed by atoms with Crippen LogP contribution in [-0.2, 0) is 17.5 Å². The Hall–Kier alpha value is -2.56. The van der Waals surface area contributed by atoms with Crippen molar-refractivity contribution in [3.05, 3.63) is 58.2 Å². The first-order valence-electron chi connectivity index (χ1n) is 7.39. The monoisotopic (exact) mass is 405 g/mol. The van der Waals surface area contributed by atoms with Gasteiger partial charge in [-0.25, -0.2) is 15.8 Å². The maximum absolute atomic E-state index is 13.1. The average Bonchev–Trinajstić information content (AvgIpc) is 2.59. The molecule has 0 spiro atoms. The van der Waals surface area contributed by atoms with Gasteiger partial charge in [0.05, 0.1) is 24.1 Å². The molecule has 7 nitrogen and oxygen atoms in total. The van der Waals surface area contributed by atoms with Gasteiger partial charge in [0.1, 0.15) is 12.4 Å². The highest BCUT2D eigenvalue weighted by atomic mass is 35.5. The molecule has 5 N–H and O–H groups in total. The van der Waals surface area contributed by atoms with E-state index in [4.69, 9.17) is 33.0 Å². The fourth-order valence-corrected chi connectivity index (χ4v) is 2.04. The molecule has 0 heterocycles. The van der Waals surface area contributed by atoms with Crippen LogP contribution in [0, 0.1) is 0 Å². The van der Waals surface area contributed by atoms with Crippen LogP contribution in [0.3, 0.4) is 0 Å². The number of halogens is 4. The van der Waals surface area contributed by atoms with Crippen molar-refractivity contribution in [3.8, 4) is 0 Å². The van der Waals surface area contributed by atoms with Gasteiger partial charge in [0.2, 0.25) is 5.96 Å². The quantitative estimate of drug-likeness (QED) is 0.222. The minimum absolute atomic E-state index is 0.0594. The van der Waals surface area contributed by atoms with Gasteiger partial charge in [-0.05, 0) is 25.8 Å². The third-order valence-corrected chi connectivity index (χ3v) is 3.44. The Bertz CT molecular complexity index is 763. The zero-order chi connectivity index (χ0) is 20.6. The lowest BCUT2D eigenvalue weighted by Crippen LogP contribution is -2.32. The number of nitrogens with zero attached hydrogens (tertiary/aromatic N) is 3. The van der Waals surface area contributed by atoms with E-state index in [1.807, 2.05) is 0 Å². The summed E-state index contributed by atoms with van der Waals surface area (Å²) in [6.07, 6.45) is -2.19. The van der Waals surface area contributed by atoms with E-state index < -0.39 is 25.0 Å². The molecular formula is C16H19ClF3N5O2. The lowest BCUT2D eigenvalue weighted by molar-refractivity contribution is -0.138. The summed E-state index contributed by atoms with van der Waals surface area (Å²) in [6, 6.07) is 3.48. The minimum atomic E-state index is -4.56. The first kappa shape index (κ1) is 22.5. The van der Waals surface area contributed by atoms with E-state index >= 15 is 0 Å². The van der Waals surface area contributed by atoms with Crippen LogP contribution in [0.4, 0.5) is 13.2 Å². The molecule has 0 aliphatic rings. The number of benzene rings is 1. The number of aliphatic hydroxyl groups is 1. The Morgan fingerprint density at radius 3 is 2.67 bits per heavy atom. The van der Waals surface area contributed by atoms with Crippen molar-refractivity contribution < 1.29 is 23.0 Å². The van der Waals surface area contributed by atoms with Crippen molar-refractivity contribution in [1.82, 2.24) is 5.01 Å². The number of allylic oxidation sites excluding steroid dienone is 1. The highest BCUT2D eigenvalue weighted by Crippen LogP contribution is 2.35. The van der Waals surface area contributed by atoms with Gasteiger partial charge in [-0.15, -0.1) is 0 Å². The summed E-state index contributed by atoms with van der Waals surface area (Å²) in [4.78, 5) is 7.47. The minimum Gasteiger partial charge on any atom is -0.492 e. The highest BCUT2D eigenvalue weighted by molar-refractivity contribution is 6.31. The van der Waals surface area contributed by atoms with Crippen LogP contribution in [0.5, 0.6) is 0 Å².